The number of rotatable bonds is 4. The molecule has 0 aliphatic carbocycles. The normalized spacial score (nSPS) is 11.1. The molecule has 19 heavy (non-hydrogen) atoms. The van der Waals surface area contributed by atoms with Gasteiger partial charge in [0, 0.05) is 6.54 Å². The van der Waals surface area contributed by atoms with Crippen LogP contribution in [0.2, 0.25) is 0 Å². The van der Waals surface area contributed by atoms with Crippen molar-refractivity contribution >= 4 is 21.4 Å². The molecule has 0 aliphatic heterocycles. The Morgan fingerprint density at radius 3 is 3.00 bits per heavy atom. The zero-order chi connectivity index (χ0) is 13.2. The first kappa shape index (κ1) is 12.1. The number of benzene rings is 1. The number of fused-ring (bicyclic) bond motifs is 1. The molecule has 0 unspecified atom stereocenters. The Balaban J connectivity index is 1.63. The van der Waals surface area contributed by atoms with Gasteiger partial charge in [-0.25, -0.2) is 13.9 Å². The number of nitrogens with zero attached hydrogens (tertiary/aromatic N) is 3. The topological polar surface area (TPSA) is 42.2 Å². The molecule has 98 valence electrons. The van der Waals surface area contributed by atoms with E-state index in [2.05, 4.69) is 15.4 Å². The van der Waals surface area contributed by atoms with Gasteiger partial charge in [-0.3, -0.25) is 0 Å². The van der Waals surface area contributed by atoms with E-state index in [0.717, 1.165) is 15.8 Å². The van der Waals surface area contributed by atoms with E-state index < -0.39 is 0 Å². The second-order valence-corrected chi connectivity index (χ2v) is 5.24. The van der Waals surface area contributed by atoms with Crippen molar-refractivity contribution in [3.63, 3.8) is 0 Å². The second-order valence-electron chi connectivity index (χ2n) is 4.28. The van der Waals surface area contributed by atoms with Crippen molar-refractivity contribution in [2.75, 3.05) is 11.9 Å². The van der Waals surface area contributed by atoms with E-state index in [-0.39, 0.29) is 5.82 Å². The monoisotopic (exact) mass is 276 g/mol. The average molecular weight is 276 g/mol. The molecule has 0 fully saturated rings. The fraction of sp³-hybridized carbons (Fsp3) is 0.231. The molecule has 0 atom stereocenters. The number of aryl methyl sites for hydroxylation is 1. The van der Waals surface area contributed by atoms with Gasteiger partial charge in [0.25, 0.3) is 0 Å². The second kappa shape index (κ2) is 4.97. The number of hydrogen-bond donors (Lipinski definition) is 1. The quantitative estimate of drug-likeness (QED) is 0.796. The lowest BCUT2D eigenvalue weighted by molar-refractivity contribution is 0.610. The molecule has 0 amide bonds. The van der Waals surface area contributed by atoms with Crippen LogP contribution in [0.1, 0.15) is 11.3 Å². The van der Waals surface area contributed by atoms with Gasteiger partial charge in [-0.1, -0.05) is 29.5 Å². The Hall–Kier alpha value is -1.95. The number of imidazole rings is 1. The summed E-state index contributed by atoms with van der Waals surface area (Å²) >= 11 is 1.49. The molecule has 0 saturated heterocycles. The fourth-order valence-corrected chi connectivity index (χ4v) is 2.74. The van der Waals surface area contributed by atoms with Crippen molar-refractivity contribution in [2.24, 2.45) is 0 Å². The van der Waals surface area contributed by atoms with Gasteiger partial charge in [0.15, 0.2) is 0 Å². The van der Waals surface area contributed by atoms with Crippen molar-refractivity contribution in [3.05, 3.63) is 47.5 Å². The van der Waals surface area contributed by atoms with Gasteiger partial charge in [0.1, 0.15) is 5.82 Å². The number of hydrogen-bond acceptors (Lipinski definition) is 4. The van der Waals surface area contributed by atoms with Crippen LogP contribution in [0.15, 0.2) is 30.5 Å². The Morgan fingerprint density at radius 2 is 2.21 bits per heavy atom. The Labute approximate surface area is 113 Å². The first-order valence-corrected chi connectivity index (χ1v) is 6.84. The van der Waals surface area contributed by atoms with Crippen molar-refractivity contribution in [3.8, 4) is 0 Å². The van der Waals surface area contributed by atoms with Gasteiger partial charge in [-0.15, -0.1) is 5.10 Å². The van der Waals surface area contributed by atoms with E-state index >= 15 is 0 Å². The molecule has 4 nitrogen and oxygen atoms in total. The largest absolute Gasteiger partial charge is 0.360 e. The lowest BCUT2D eigenvalue weighted by Gasteiger charge is -2.03. The predicted octanol–water partition coefficient (Wildman–Crippen LogP) is 2.89. The molecule has 0 spiro atoms. The first-order chi connectivity index (χ1) is 9.22. The van der Waals surface area contributed by atoms with Crippen molar-refractivity contribution in [2.45, 2.75) is 13.3 Å². The van der Waals surface area contributed by atoms with Crippen LogP contribution in [0.4, 0.5) is 9.52 Å². The fourth-order valence-electron chi connectivity index (χ4n) is 1.89. The van der Waals surface area contributed by atoms with Gasteiger partial charge in [-0.05, 0) is 25.0 Å². The van der Waals surface area contributed by atoms with E-state index in [1.165, 1.54) is 17.4 Å². The van der Waals surface area contributed by atoms with Gasteiger partial charge >= 0.3 is 0 Å². The molecule has 3 rings (SSSR count). The van der Waals surface area contributed by atoms with Gasteiger partial charge < -0.3 is 5.32 Å². The van der Waals surface area contributed by atoms with Crippen LogP contribution in [-0.2, 0) is 6.42 Å². The molecule has 2 heterocycles. The summed E-state index contributed by atoms with van der Waals surface area (Å²) in [5.74, 6) is -0.158. The highest BCUT2D eigenvalue weighted by Crippen LogP contribution is 2.19. The third-order valence-electron chi connectivity index (χ3n) is 2.79. The lowest BCUT2D eigenvalue weighted by Crippen LogP contribution is -2.06. The minimum atomic E-state index is -0.158. The molecule has 1 aromatic carbocycles. The van der Waals surface area contributed by atoms with E-state index in [1.807, 2.05) is 19.2 Å². The standard InChI is InChI=1S/C13H13FN4S/c1-9-8-18-13(16-9)19-12(17-18)15-7-6-10-4-2-3-5-11(10)14/h2-5,8H,6-7H2,1H3,(H,15,17). The van der Waals surface area contributed by atoms with E-state index in [0.29, 0.717) is 18.5 Å². The van der Waals surface area contributed by atoms with Crippen LogP contribution in [0.3, 0.4) is 0 Å². The predicted molar refractivity (Wildman–Crippen MR) is 74.2 cm³/mol. The van der Waals surface area contributed by atoms with Crippen LogP contribution in [0.25, 0.3) is 4.96 Å². The third kappa shape index (κ3) is 2.58. The van der Waals surface area contributed by atoms with Crippen LogP contribution in [-0.4, -0.2) is 21.1 Å². The Morgan fingerprint density at radius 1 is 1.37 bits per heavy atom. The van der Waals surface area contributed by atoms with Crippen LogP contribution < -0.4 is 5.32 Å². The number of aromatic nitrogens is 3. The minimum absolute atomic E-state index is 0.158. The molecule has 0 radical (unpaired) electrons. The van der Waals surface area contributed by atoms with Crippen molar-refractivity contribution in [1.82, 2.24) is 14.6 Å². The number of halogens is 1. The third-order valence-corrected chi connectivity index (χ3v) is 3.67. The van der Waals surface area contributed by atoms with E-state index in [4.69, 9.17) is 0 Å². The maximum absolute atomic E-state index is 13.4. The first-order valence-electron chi connectivity index (χ1n) is 6.02. The highest BCUT2D eigenvalue weighted by Gasteiger charge is 2.06. The van der Waals surface area contributed by atoms with E-state index in [1.54, 1.807) is 16.6 Å². The molecule has 0 bridgehead atoms. The van der Waals surface area contributed by atoms with Crippen LogP contribution in [0.5, 0.6) is 0 Å². The molecule has 6 heteroatoms. The molecule has 0 aliphatic rings. The van der Waals surface area contributed by atoms with Crippen LogP contribution in [0, 0.1) is 12.7 Å². The summed E-state index contributed by atoms with van der Waals surface area (Å²) in [6, 6.07) is 6.83. The number of anilines is 1. The summed E-state index contributed by atoms with van der Waals surface area (Å²) in [7, 11) is 0. The molecule has 0 saturated carbocycles. The molecule has 1 N–H and O–H groups in total. The minimum Gasteiger partial charge on any atom is -0.360 e. The van der Waals surface area contributed by atoms with Gasteiger partial charge in [-0.2, -0.15) is 0 Å². The molecule has 2 aromatic heterocycles. The van der Waals surface area contributed by atoms with E-state index in [9.17, 15) is 4.39 Å². The van der Waals surface area contributed by atoms with Crippen LogP contribution >= 0.6 is 11.3 Å². The van der Waals surface area contributed by atoms with Crippen molar-refractivity contribution in [1.29, 1.82) is 0 Å². The summed E-state index contributed by atoms with van der Waals surface area (Å²) in [5.41, 5.74) is 1.67. The van der Waals surface area contributed by atoms with Gasteiger partial charge in [0.05, 0.1) is 11.9 Å². The smallest absolute Gasteiger partial charge is 0.214 e. The zero-order valence-corrected chi connectivity index (χ0v) is 11.2. The number of nitrogens with one attached hydrogen (secondary N) is 1. The maximum atomic E-state index is 13.4. The molecular weight excluding hydrogens is 263 g/mol. The lowest BCUT2D eigenvalue weighted by atomic mass is 10.1. The Kier molecular flexibility index (Phi) is 3.16. The average Bonchev–Trinajstić information content (AvgIpc) is 2.88. The summed E-state index contributed by atoms with van der Waals surface area (Å²) in [4.78, 5) is 5.20. The van der Waals surface area contributed by atoms with Gasteiger partial charge in [0.2, 0.25) is 10.1 Å². The summed E-state index contributed by atoms with van der Waals surface area (Å²) in [5, 5.41) is 8.35. The summed E-state index contributed by atoms with van der Waals surface area (Å²) in [6.07, 6.45) is 2.52. The highest BCUT2D eigenvalue weighted by molar-refractivity contribution is 7.20. The highest BCUT2D eigenvalue weighted by atomic mass is 32.1. The summed E-state index contributed by atoms with van der Waals surface area (Å²) in [6.45, 7) is 2.59. The SMILES string of the molecule is Cc1cn2nc(NCCc3ccccc3F)sc2n1. The van der Waals surface area contributed by atoms with Crippen molar-refractivity contribution < 1.29 is 4.39 Å². The molecular formula is C13H13FN4S. The maximum Gasteiger partial charge on any atom is 0.214 e. The molecule has 3 aromatic rings. The zero-order valence-electron chi connectivity index (χ0n) is 10.4. The summed E-state index contributed by atoms with van der Waals surface area (Å²) < 4.78 is 15.2. The Bertz CT molecular complexity index is 672.